The lowest BCUT2D eigenvalue weighted by Crippen LogP contribution is -2.38. The van der Waals surface area contributed by atoms with E-state index in [1.807, 2.05) is 32.9 Å². The fraction of sp³-hybridized carbons (Fsp3) is 0.571. The summed E-state index contributed by atoms with van der Waals surface area (Å²) in [5.41, 5.74) is 3.95. The van der Waals surface area contributed by atoms with E-state index in [1.165, 1.54) is 25.3 Å². The molecule has 150 valence electrons. The van der Waals surface area contributed by atoms with Crippen LogP contribution >= 0.6 is 0 Å². The standard InChI is InChI=1S/C21H32N2O3S/c1-16-14-17(2)21(18(3)15-16)27(25,26)22-11-13-23(19(4)24)12-10-20-8-6-5-7-9-20/h8,14-15,22H,5-7,9-13H2,1-4H3. The smallest absolute Gasteiger partial charge is 0.241 e. The Bertz CT molecular complexity index is 790. The van der Waals surface area contributed by atoms with Crippen LogP contribution in [0.2, 0.25) is 0 Å². The summed E-state index contributed by atoms with van der Waals surface area (Å²) in [6.45, 7) is 8.36. The third kappa shape index (κ3) is 6.18. The van der Waals surface area contributed by atoms with Gasteiger partial charge < -0.3 is 4.90 Å². The molecule has 2 rings (SSSR count). The van der Waals surface area contributed by atoms with Crippen LogP contribution in [0.15, 0.2) is 28.7 Å². The summed E-state index contributed by atoms with van der Waals surface area (Å²) in [5.74, 6) is -0.0201. The predicted molar refractivity (Wildman–Crippen MR) is 109 cm³/mol. The summed E-state index contributed by atoms with van der Waals surface area (Å²) in [6.07, 6.45) is 7.88. The van der Waals surface area contributed by atoms with E-state index in [9.17, 15) is 13.2 Å². The lowest BCUT2D eigenvalue weighted by atomic mass is 9.97. The van der Waals surface area contributed by atoms with E-state index in [0.29, 0.717) is 18.0 Å². The zero-order valence-electron chi connectivity index (χ0n) is 17.0. The highest BCUT2D eigenvalue weighted by Gasteiger charge is 2.20. The highest BCUT2D eigenvalue weighted by atomic mass is 32.2. The van der Waals surface area contributed by atoms with Gasteiger partial charge in [0.2, 0.25) is 15.9 Å². The van der Waals surface area contributed by atoms with E-state index in [0.717, 1.165) is 36.0 Å². The van der Waals surface area contributed by atoms with Crippen molar-refractivity contribution in [1.82, 2.24) is 9.62 Å². The Balaban J connectivity index is 1.95. The largest absolute Gasteiger partial charge is 0.341 e. The number of nitrogens with zero attached hydrogens (tertiary/aromatic N) is 1. The van der Waals surface area contributed by atoms with Crippen LogP contribution in [0.5, 0.6) is 0 Å². The third-order valence-corrected chi connectivity index (χ3v) is 6.85. The Morgan fingerprint density at radius 1 is 1.11 bits per heavy atom. The molecule has 0 saturated heterocycles. The second kappa shape index (κ2) is 9.51. The monoisotopic (exact) mass is 392 g/mol. The molecule has 27 heavy (non-hydrogen) atoms. The number of hydrogen-bond acceptors (Lipinski definition) is 3. The van der Waals surface area contributed by atoms with Gasteiger partial charge in [-0.05, 0) is 64.0 Å². The fourth-order valence-electron chi connectivity index (χ4n) is 3.81. The molecule has 1 aliphatic carbocycles. The van der Waals surface area contributed by atoms with Crippen molar-refractivity contribution in [2.75, 3.05) is 19.6 Å². The molecular weight excluding hydrogens is 360 g/mol. The van der Waals surface area contributed by atoms with Gasteiger partial charge >= 0.3 is 0 Å². The normalized spacial score (nSPS) is 14.7. The predicted octanol–water partition coefficient (Wildman–Crippen LogP) is 3.63. The maximum absolute atomic E-state index is 12.7. The van der Waals surface area contributed by atoms with Gasteiger partial charge in [0.15, 0.2) is 0 Å². The first-order valence-corrected chi connectivity index (χ1v) is 11.2. The zero-order chi connectivity index (χ0) is 20.0. The number of nitrogens with one attached hydrogen (secondary N) is 1. The maximum Gasteiger partial charge on any atom is 0.241 e. The van der Waals surface area contributed by atoms with Crippen LogP contribution in [0.4, 0.5) is 0 Å². The Labute approximate surface area is 163 Å². The Morgan fingerprint density at radius 2 is 1.78 bits per heavy atom. The summed E-state index contributed by atoms with van der Waals surface area (Å²) in [6, 6.07) is 3.75. The molecule has 0 spiro atoms. The van der Waals surface area contributed by atoms with Gasteiger partial charge in [0.25, 0.3) is 0 Å². The summed E-state index contributed by atoms with van der Waals surface area (Å²) in [5, 5.41) is 0. The molecule has 6 heteroatoms. The van der Waals surface area contributed by atoms with E-state index in [-0.39, 0.29) is 12.5 Å². The van der Waals surface area contributed by atoms with E-state index < -0.39 is 10.0 Å². The number of rotatable bonds is 8. The van der Waals surface area contributed by atoms with Crippen molar-refractivity contribution in [2.24, 2.45) is 0 Å². The van der Waals surface area contributed by atoms with Crippen LogP contribution in [-0.4, -0.2) is 38.9 Å². The quantitative estimate of drug-likeness (QED) is 0.687. The van der Waals surface area contributed by atoms with Crippen LogP contribution in [0.1, 0.15) is 55.7 Å². The van der Waals surface area contributed by atoms with E-state index in [2.05, 4.69) is 10.8 Å². The number of carbonyl (C=O) groups is 1. The SMILES string of the molecule is CC(=O)N(CCNS(=O)(=O)c1c(C)cc(C)cc1C)CCC1=CCCCC1. The molecule has 0 unspecified atom stereocenters. The van der Waals surface area contributed by atoms with Crippen molar-refractivity contribution < 1.29 is 13.2 Å². The van der Waals surface area contributed by atoms with Crippen LogP contribution in [0.3, 0.4) is 0 Å². The van der Waals surface area contributed by atoms with Crippen LogP contribution in [0.25, 0.3) is 0 Å². The van der Waals surface area contributed by atoms with E-state index >= 15 is 0 Å². The van der Waals surface area contributed by atoms with Gasteiger partial charge in [-0.1, -0.05) is 29.3 Å². The molecule has 0 fully saturated rings. The van der Waals surface area contributed by atoms with E-state index in [4.69, 9.17) is 0 Å². The second-order valence-electron chi connectivity index (χ2n) is 7.49. The highest BCUT2D eigenvalue weighted by Crippen LogP contribution is 2.22. The summed E-state index contributed by atoms with van der Waals surface area (Å²) < 4.78 is 28.1. The van der Waals surface area contributed by atoms with Crippen molar-refractivity contribution >= 4 is 15.9 Å². The molecule has 0 bridgehead atoms. The zero-order valence-corrected chi connectivity index (χ0v) is 17.8. The molecule has 0 radical (unpaired) electrons. The first kappa shape index (κ1) is 21.6. The lowest BCUT2D eigenvalue weighted by molar-refractivity contribution is -0.128. The molecule has 1 aromatic rings. The second-order valence-corrected chi connectivity index (χ2v) is 9.19. The van der Waals surface area contributed by atoms with Crippen molar-refractivity contribution in [3.63, 3.8) is 0 Å². The fourth-order valence-corrected chi connectivity index (χ4v) is 5.28. The molecule has 0 aromatic heterocycles. The average molecular weight is 393 g/mol. The van der Waals surface area contributed by atoms with Crippen molar-refractivity contribution in [3.8, 4) is 0 Å². The van der Waals surface area contributed by atoms with Crippen LogP contribution in [-0.2, 0) is 14.8 Å². The molecule has 0 heterocycles. The third-order valence-electron chi connectivity index (χ3n) is 5.08. The molecular formula is C21H32N2O3S. The average Bonchev–Trinajstić information content (AvgIpc) is 2.57. The summed E-state index contributed by atoms with van der Waals surface area (Å²) >= 11 is 0. The molecule has 1 aliphatic rings. The van der Waals surface area contributed by atoms with Gasteiger partial charge in [0.1, 0.15) is 0 Å². The topological polar surface area (TPSA) is 66.5 Å². The minimum absolute atomic E-state index is 0.0201. The van der Waals surface area contributed by atoms with Gasteiger partial charge in [-0.3, -0.25) is 4.79 Å². The number of benzene rings is 1. The van der Waals surface area contributed by atoms with Gasteiger partial charge in [0.05, 0.1) is 4.90 Å². The first-order valence-electron chi connectivity index (χ1n) is 9.71. The van der Waals surface area contributed by atoms with Crippen molar-refractivity contribution in [2.45, 2.75) is 64.7 Å². The highest BCUT2D eigenvalue weighted by molar-refractivity contribution is 7.89. The summed E-state index contributed by atoms with van der Waals surface area (Å²) in [4.78, 5) is 14.0. The molecule has 0 aliphatic heterocycles. The Morgan fingerprint density at radius 3 is 2.33 bits per heavy atom. The molecule has 1 aromatic carbocycles. The Kier molecular flexibility index (Phi) is 7.62. The lowest BCUT2D eigenvalue weighted by Gasteiger charge is -2.23. The van der Waals surface area contributed by atoms with E-state index in [1.54, 1.807) is 4.90 Å². The molecule has 0 atom stereocenters. The molecule has 1 amide bonds. The number of hydrogen-bond donors (Lipinski definition) is 1. The molecule has 1 N–H and O–H groups in total. The van der Waals surface area contributed by atoms with Crippen LogP contribution in [0, 0.1) is 20.8 Å². The van der Waals surface area contributed by atoms with Gasteiger partial charge in [-0.2, -0.15) is 0 Å². The maximum atomic E-state index is 12.7. The number of aryl methyl sites for hydroxylation is 3. The first-order chi connectivity index (χ1) is 12.7. The van der Waals surface area contributed by atoms with Gasteiger partial charge in [-0.25, -0.2) is 13.1 Å². The van der Waals surface area contributed by atoms with Crippen molar-refractivity contribution in [1.29, 1.82) is 0 Å². The Hall–Kier alpha value is -1.66. The van der Waals surface area contributed by atoms with Crippen molar-refractivity contribution in [3.05, 3.63) is 40.5 Å². The number of allylic oxidation sites excluding steroid dienone is 1. The number of amides is 1. The minimum atomic E-state index is -3.59. The minimum Gasteiger partial charge on any atom is -0.341 e. The number of carbonyl (C=O) groups excluding carboxylic acids is 1. The molecule has 5 nitrogen and oxygen atoms in total. The van der Waals surface area contributed by atoms with Gasteiger partial charge in [-0.15, -0.1) is 0 Å². The van der Waals surface area contributed by atoms with Gasteiger partial charge in [0, 0.05) is 26.6 Å². The molecule has 0 saturated carbocycles. The van der Waals surface area contributed by atoms with Crippen LogP contribution < -0.4 is 4.72 Å². The summed E-state index contributed by atoms with van der Waals surface area (Å²) in [7, 11) is -3.59. The number of sulfonamides is 1.